The summed E-state index contributed by atoms with van der Waals surface area (Å²) >= 11 is 1.39. The van der Waals surface area contributed by atoms with Crippen LogP contribution in [-0.4, -0.2) is 93.5 Å². The summed E-state index contributed by atoms with van der Waals surface area (Å²) < 4.78 is 16.0. The molecule has 2 aliphatic rings. The maximum Gasteiger partial charge on any atom is 0.410 e. The zero-order valence-corrected chi connectivity index (χ0v) is 26.2. The first kappa shape index (κ1) is 31.5. The van der Waals surface area contributed by atoms with E-state index in [1.165, 1.54) is 34.5 Å². The zero-order valence-electron chi connectivity index (χ0n) is 25.4. The lowest BCUT2D eigenvalue weighted by molar-refractivity contribution is -0.145. The Morgan fingerprint density at radius 1 is 1.12 bits per heavy atom. The smallest absolute Gasteiger partial charge is 0.410 e. The summed E-state index contributed by atoms with van der Waals surface area (Å²) in [6.07, 6.45) is 4.04. The number of aromatic nitrogens is 2. The number of methoxy groups -OCH3 is 1. The van der Waals surface area contributed by atoms with Crippen molar-refractivity contribution in [1.82, 2.24) is 24.7 Å². The average Bonchev–Trinajstić information content (AvgIpc) is 3.73. The van der Waals surface area contributed by atoms with Crippen LogP contribution in [0.25, 0.3) is 11.6 Å². The zero-order chi connectivity index (χ0) is 30.8. The van der Waals surface area contributed by atoms with Gasteiger partial charge in [0.25, 0.3) is 5.91 Å². The Morgan fingerprint density at radius 2 is 1.81 bits per heavy atom. The lowest BCUT2D eigenvalue weighted by Crippen LogP contribution is -2.50. The minimum Gasteiger partial charge on any atom is -0.467 e. The molecule has 2 saturated heterocycles. The molecule has 0 N–H and O–H groups in total. The maximum absolute atomic E-state index is 13.9. The van der Waals surface area contributed by atoms with Crippen molar-refractivity contribution in [1.29, 1.82) is 0 Å². The molecule has 12 nitrogen and oxygen atoms in total. The normalized spacial score (nSPS) is 19.7. The molecule has 0 aromatic carbocycles. The van der Waals surface area contributed by atoms with Gasteiger partial charge in [0.2, 0.25) is 11.8 Å². The fourth-order valence-electron chi connectivity index (χ4n) is 5.38. The van der Waals surface area contributed by atoms with Gasteiger partial charge in [0.1, 0.15) is 34.6 Å². The first-order chi connectivity index (χ1) is 19.8. The molecule has 0 bridgehead atoms. The molecule has 3 amide bonds. The standard InChI is InChI=1S/C29H41N5O7S/c1-17(2)14-22(32(6)28(38)41-29(3,4)5)26(36)33-12-8-10-20(33)24-31-19(16-42-24)23-30-18(15-40-23)25(35)34-13-9-11-21(34)27(37)39-7/h15-17,20-22H,8-14H2,1-7H3/t20-,21-,22-/m0/s1. The fourth-order valence-corrected chi connectivity index (χ4v) is 6.32. The van der Waals surface area contributed by atoms with Crippen molar-refractivity contribution in [2.45, 2.75) is 90.4 Å². The Balaban J connectivity index is 1.50. The van der Waals surface area contributed by atoms with Crippen LogP contribution in [0.2, 0.25) is 0 Å². The van der Waals surface area contributed by atoms with Gasteiger partial charge < -0.3 is 23.7 Å². The number of carbonyl (C=O) groups excluding carboxylic acids is 4. The van der Waals surface area contributed by atoms with Crippen LogP contribution in [0.5, 0.6) is 0 Å². The molecule has 3 atom stereocenters. The molecule has 0 spiro atoms. The van der Waals surface area contributed by atoms with Gasteiger partial charge in [-0.25, -0.2) is 19.6 Å². The highest BCUT2D eigenvalue weighted by atomic mass is 32.1. The Labute approximate surface area is 250 Å². The van der Waals surface area contributed by atoms with Gasteiger partial charge in [-0.1, -0.05) is 13.8 Å². The van der Waals surface area contributed by atoms with E-state index in [1.54, 1.807) is 38.1 Å². The third kappa shape index (κ3) is 6.93. The molecule has 2 aromatic heterocycles. The molecule has 42 heavy (non-hydrogen) atoms. The van der Waals surface area contributed by atoms with Crippen molar-refractivity contribution in [2.24, 2.45) is 5.92 Å². The summed E-state index contributed by atoms with van der Waals surface area (Å²) in [6.45, 7) is 10.4. The summed E-state index contributed by atoms with van der Waals surface area (Å²) in [5.74, 6) is -0.607. The van der Waals surface area contributed by atoms with Gasteiger partial charge in [-0.15, -0.1) is 11.3 Å². The SMILES string of the molecule is COC(=O)[C@@H]1CCCN1C(=O)c1coc(-c2csc([C@@H]3CCCN3C(=O)[C@H](CC(C)C)N(C)C(=O)OC(C)(C)C)n2)n1. The van der Waals surface area contributed by atoms with Crippen molar-refractivity contribution >= 4 is 35.2 Å². The number of oxazole rings is 1. The van der Waals surface area contributed by atoms with Crippen LogP contribution in [0.3, 0.4) is 0 Å². The summed E-state index contributed by atoms with van der Waals surface area (Å²) in [5.41, 5.74) is -0.120. The summed E-state index contributed by atoms with van der Waals surface area (Å²) in [6, 6.07) is -1.55. The first-order valence-corrected chi connectivity index (χ1v) is 15.2. The van der Waals surface area contributed by atoms with E-state index in [0.717, 1.165) is 17.8 Å². The van der Waals surface area contributed by atoms with Crippen LogP contribution >= 0.6 is 11.3 Å². The topological polar surface area (TPSA) is 135 Å². The number of thiazole rings is 1. The molecule has 13 heteroatoms. The third-order valence-electron chi connectivity index (χ3n) is 7.40. The number of hydrogen-bond acceptors (Lipinski definition) is 10. The van der Waals surface area contributed by atoms with E-state index in [-0.39, 0.29) is 29.5 Å². The second-order valence-electron chi connectivity index (χ2n) is 12.2. The van der Waals surface area contributed by atoms with Crippen LogP contribution in [-0.2, 0) is 19.1 Å². The Hall–Kier alpha value is -3.48. The second-order valence-corrected chi connectivity index (χ2v) is 13.1. The molecule has 2 aliphatic heterocycles. The van der Waals surface area contributed by atoms with Gasteiger partial charge in [-0.05, 0) is 58.8 Å². The number of likely N-dealkylation sites (tertiary alicyclic amines) is 2. The van der Waals surface area contributed by atoms with Gasteiger partial charge >= 0.3 is 12.1 Å². The van der Waals surface area contributed by atoms with Gasteiger partial charge in [-0.2, -0.15) is 0 Å². The van der Waals surface area contributed by atoms with Crippen LogP contribution in [0, 0.1) is 5.92 Å². The quantitative estimate of drug-likeness (QED) is 0.399. The van der Waals surface area contributed by atoms with E-state index in [2.05, 4.69) is 4.98 Å². The number of rotatable bonds is 8. The Kier molecular flexibility index (Phi) is 9.59. The number of esters is 1. The molecule has 2 aromatic rings. The van der Waals surface area contributed by atoms with Gasteiger partial charge in [0.05, 0.1) is 13.2 Å². The number of amides is 3. The number of carbonyl (C=O) groups is 4. The molecule has 0 radical (unpaired) electrons. The molecule has 2 fully saturated rings. The monoisotopic (exact) mass is 603 g/mol. The molecule has 230 valence electrons. The van der Waals surface area contributed by atoms with E-state index in [0.29, 0.717) is 38.0 Å². The summed E-state index contributed by atoms with van der Waals surface area (Å²) in [7, 11) is 2.92. The summed E-state index contributed by atoms with van der Waals surface area (Å²) in [5, 5.41) is 2.53. The summed E-state index contributed by atoms with van der Waals surface area (Å²) in [4.78, 5) is 65.7. The van der Waals surface area contributed by atoms with Crippen molar-refractivity contribution in [3.05, 3.63) is 22.3 Å². The molecular formula is C29H41N5O7S. The minimum atomic E-state index is -0.674. The van der Waals surface area contributed by atoms with Gasteiger partial charge in [0.15, 0.2) is 5.69 Å². The van der Waals surface area contributed by atoms with E-state index in [1.807, 2.05) is 13.8 Å². The number of ether oxygens (including phenoxy) is 2. The van der Waals surface area contributed by atoms with Gasteiger partial charge in [0, 0.05) is 25.5 Å². The predicted octanol–water partition coefficient (Wildman–Crippen LogP) is 4.52. The third-order valence-corrected chi connectivity index (χ3v) is 8.35. The van der Waals surface area contributed by atoms with Gasteiger partial charge in [-0.3, -0.25) is 14.5 Å². The largest absolute Gasteiger partial charge is 0.467 e. The maximum atomic E-state index is 13.9. The molecular weight excluding hydrogens is 562 g/mol. The highest BCUT2D eigenvalue weighted by molar-refractivity contribution is 7.10. The first-order valence-electron chi connectivity index (χ1n) is 14.4. The van der Waals surface area contributed by atoms with Crippen molar-refractivity contribution in [2.75, 3.05) is 27.2 Å². The average molecular weight is 604 g/mol. The lowest BCUT2D eigenvalue weighted by Gasteiger charge is -2.34. The van der Waals surface area contributed by atoms with Crippen molar-refractivity contribution in [3.63, 3.8) is 0 Å². The molecule has 4 heterocycles. The Bertz CT molecular complexity index is 1300. The van der Waals surface area contributed by atoms with Crippen molar-refractivity contribution < 1.29 is 33.1 Å². The fraction of sp³-hybridized carbons (Fsp3) is 0.655. The van der Waals surface area contributed by atoms with E-state index in [9.17, 15) is 19.2 Å². The van der Waals surface area contributed by atoms with Crippen LogP contribution in [0.1, 0.15) is 88.3 Å². The predicted molar refractivity (Wildman–Crippen MR) is 155 cm³/mol. The Morgan fingerprint density at radius 3 is 2.48 bits per heavy atom. The second kappa shape index (κ2) is 12.8. The van der Waals surface area contributed by atoms with Crippen LogP contribution in [0.15, 0.2) is 16.1 Å². The molecule has 0 aliphatic carbocycles. The van der Waals surface area contributed by atoms with Crippen LogP contribution in [0.4, 0.5) is 4.79 Å². The molecule has 0 saturated carbocycles. The number of likely N-dealkylation sites (N-methyl/N-ethyl adjacent to an activating group) is 1. The number of nitrogens with zero attached hydrogens (tertiary/aromatic N) is 5. The highest BCUT2D eigenvalue weighted by Crippen LogP contribution is 2.37. The number of hydrogen-bond donors (Lipinski definition) is 0. The van der Waals surface area contributed by atoms with Crippen LogP contribution < -0.4 is 0 Å². The van der Waals surface area contributed by atoms with Crippen molar-refractivity contribution in [3.8, 4) is 11.6 Å². The van der Waals surface area contributed by atoms with E-state index < -0.39 is 35.7 Å². The lowest BCUT2D eigenvalue weighted by atomic mass is 10.0. The molecule has 0 unspecified atom stereocenters. The molecule has 4 rings (SSSR count). The highest BCUT2D eigenvalue weighted by Gasteiger charge is 2.40. The van der Waals surface area contributed by atoms with E-state index in [4.69, 9.17) is 18.9 Å². The van der Waals surface area contributed by atoms with E-state index >= 15 is 0 Å². The minimum absolute atomic E-state index is 0.0923.